The molecule has 2 fully saturated rings. The van der Waals surface area contributed by atoms with E-state index in [1.54, 1.807) is 29.2 Å². The first-order chi connectivity index (χ1) is 19.6. The van der Waals surface area contributed by atoms with E-state index in [0.29, 0.717) is 74.8 Å². The summed E-state index contributed by atoms with van der Waals surface area (Å²) in [4.78, 5) is 7.30. The van der Waals surface area contributed by atoms with Gasteiger partial charge in [-0.05, 0) is 67.2 Å². The van der Waals surface area contributed by atoms with Gasteiger partial charge in [0.15, 0.2) is 11.5 Å². The number of hydrogen-bond acceptors (Lipinski definition) is 6. The molecule has 2 aliphatic rings. The van der Waals surface area contributed by atoms with E-state index in [0.717, 1.165) is 22.8 Å². The van der Waals surface area contributed by atoms with E-state index in [4.69, 9.17) is 9.72 Å². The Bertz CT molecular complexity index is 1490. The van der Waals surface area contributed by atoms with Crippen LogP contribution in [0.15, 0.2) is 48.8 Å². The number of aromatic nitrogens is 5. The van der Waals surface area contributed by atoms with Gasteiger partial charge in [0.2, 0.25) is 0 Å². The topological polar surface area (TPSA) is 92.1 Å². The van der Waals surface area contributed by atoms with Crippen LogP contribution in [-0.4, -0.2) is 55.9 Å². The standard InChI is InChI=1S/C30H35F3N6O2/c1-19(2)25-18-41-14-13-38(25)27-16-24(22-17-35-39(28(22)36-27)26-9-12-34-37-26)29(40)10-7-20(8-11-29)15-21-5-3-4-6-23(21)30(31,32)33/h3-6,9,12,16-17,19-20,25,40H,7-8,10-11,13-15,18H2,1-2H3,(H,34,37). The second-order valence-corrected chi connectivity index (χ2v) is 11.7. The fourth-order valence-electron chi connectivity index (χ4n) is 6.44. The Kier molecular flexibility index (Phi) is 7.27. The van der Waals surface area contributed by atoms with E-state index in [1.165, 1.54) is 6.07 Å². The maximum Gasteiger partial charge on any atom is 0.416 e. The quantitative estimate of drug-likeness (QED) is 0.313. The number of nitrogens with zero attached hydrogens (tertiary/aromatic N) is 5. The molecule has 4 heterocycles. The van der Waals surface area contributed by atoms with Gasteiger partial charge in [-0.1, -0.05) is 32.0 Å². The monoisotopic (exact) mass is 568 g/mol. The molecule has 2 N–H and O–H groups in total. The van der Waals surface area contributed by atoms with Crippen molar-refractivity contribution < 1.29 is 23.0 Å². The number of ether oxygens (including phenoxy) is 1. The number of pyridine rings is 1. The van der Waals surface area contributed by atoms with Crippen molar-refractivity contribution in [2.45, 2.75) is 63.8 Å². The number of alkyl halides is 3. The van der Waals surface area contributed by atoms with Crippen LogP contribution in [0.4, 0.5) is 19.0 Å². The molecule has 0 spiro atoms. The highest BCUT2D eigenvalue weighted by atomic mass is 19.4. The van der Waals surface area contributed by atoms with Crippen molar-refractivity contribution in [3.63, 3.8) is 0 Å². The molecule has 1 saturated carbocycles. The van der Waals surface area contributed by atoms with Crippen LogP contribution in [0.1, 0.15) is 56.2 Å². The van der Waals surface area contributed by atoms with Gasteiger partial charge in [-0.2, -0.15) is 28.1 Å². The van der Waals surface area contributed by atoms with Crippen LogP contribution in [0.25, 0.3) is 16.9 Å². The number of morpholine rings is 1. The van der Waals surface area contributed by atoms with E-state index >= 15 is 0 Å². The number of benzene rings is 1. The molecule has 1 aromatic carbocycles. The summed E-state index contributed by atoms with van der Waals surface area (Å²) in [5.74, 6) is 1.79. The second-order valence-electron chi connectivity index (χ2n) is 11.7. The van der Waals surface area contributed by atoms with Crippen LogP contribution in [0, 0.1) is 11.8 Å². The number of halogens is 3. The average molecular weight is 569 g/mol. The van der Waals surface area contributed by atoms with Crippen LogP contribution in [-0.2, 0) is 22.9 Å². The van der Waals surface area contributed by atoms with Crippen molar-refractivity contribution in [2.75, 3.05) is 24.7 Å². The molecular weight excluding hydrogens is 533 g/mol. The Morgan fingerprint density at radius 2 is 1.95 bits per heavy atom. The summed E-state index contributed by atoms with van der Waals surface area (Å²) in [7, 11) is 0. The van der Waals surface area contributed by atoms with E-state index in [-0.39, 0.29) is 12.0 Å². The summed E-state index contributed by atoms with van der Waals surface area (Å²) < 4.78 is 48.3. The Hall–Kier alpha value is -3.44. The number of rotatable bonds is 6. The molecule has 0 bridgehead atoms. The SMILES string of the molecule is CC(C)C1COCCN1c1cc(C2(O)CCC(Cc3ccccc3C(F)(F)F)CC2)c2cnn(-c3ccn[nH]3)c2n1. The molecule has 1 aliphatic carbocycles. The predicted molar refractivity (Wildman–Crippen MR) is 149 cm³/mol. The molecule has 218 valence electrons. The summed E-state index contributed by atoms with van der Waals surface area (Å²) in [5, 5.41) is 24.5. The zero-order chi connectivity index (χ0) is 28.8. The van der Waals surface area contributed by atoms with Crippen LogP contribution in [0.5, 0.6) is 0 Å². The van der Waals surface area contributed by atoms with Gasteiger partial charge in [0.1, 0.15) is 5.82 Å². The number of aliphatic hydroxyl groups is 1. The third-order valence-corrected chi connectivity index (χ3v) is 8.74. The second kappa shape index (κ2) is 10.8. The fraction of sp³-hybridized carbons (Fsp3) is 0.500. The van der Waals surface area contributed by atoms with Crippen molar-refractivity contribution in [1.29, 1.82) is 0 Å². The van der Waals surface area contributed by atoms with Gasteiger partial charge in [-0.15, -0.1) is 0 Å². The first-order valence-corrected chi connectivity index (χ1v) is 14.2. The van der Waals surface area contributed by atoms with Crippen LogP contribution in [0.2, 0.25) is 0 Å². The predicted octanol–water partition coefficient (Wildman–Crippen LogP) is 5.64. The van der Waals surface area contributed by atoms with Crippen molar-refractivity contribution >= 4 is 16.9 Å². The minimum atomic E-state index is -4.38. The largest absolute Gasteiger partial charge is 0.416 e. The van der Waals surface area contributed by atoms with Gasteiger partial charge < -0.3 is 14.7 Å². The number of aromatic amines is 1. The Labute approximate surface area is 236 Å². The van der Waals surface area contributed by atoms with Gasteiger partial charge in [0.25, 0.3) is 0 Å². The molecule has 4 aromatic rings. The van der Waals surface area contributed by atoms with Gasteiger partial charge >= 0.3 is 6.18 Å². The van der Waals surface area contributed by atoms with Crippen LogP contribution >= 0.6 is 0 Å². The molecule has 0 amide bonds. The van der Waals surface area contributed by atoms with Crippen molar-refractivity contribution in [1.82, 2.24) is 25.0 Å². The molecule has 1 aliphatic heterocycles. The highest BCUT2D eigenvalue weighted by Crippen LogP contribution is 2.45. The average Bonchev–Trinajstić information content (AvgIpc) is 3.64. The van der Waals surface area contributed by atoms with Gasteiger partial charge in [0.05, 0.1) is 42.8 Å². The summed E-state index contributed by atoms with van der Waals surface area (Å²) in [6, 6.07) is 9.74. The summed E-state index contributed by atoms with van der Waals surface area (Å²) in [6.45, 7) is 6.18. The zero-order valence-corrected chi connectivity index (χ0v) is 23.2. The van der Waals surface area contributed by atoms with Gasteiger partial charge in [-0.3, -0.25) is 5.10 Å². The Balaban J connectivity index is 1.34. The smallest absolute Gasteiger partial charge is 0.385 e. The number of hydrogen-bond donors (Lipinski definition) is 2. The molecule has 8 nitrogen and oxygen atoms in total. The van der Waals surface area contributed by atoms with Crippen molar-refractivity contribution in [3.8, 4) is 5.82 Å². The molecule has 11 heteroatoms. The maximum atomic E-state index is 13.6. The normalized spacial score (nSPS) is 23.9. The number of fused-ring (bicyclic) bond motifs is 1. The molecule has 0 radical (unpaired) electrons. The Morgan fingerprint density at radius 1 is 1.17 bits per heavy atom. The van der Waals surface area contributed by atoms with Crippen molar-refractivity contribution in [3.05, 3.63) is 65.5 Å². The lowest BCUT2D eigenvalue weighted by molar-refractivity contribution is -0.138. The third kappa shape index (κ3) is 5.32. The first-order valence-electron chi connectivity index (χ1n) is 14.2. The lowest BCUT2D eigenvalue weighted by Gasteiger charge is -2.40. The molecule has 1 atom stereocenters. The number of nitrogens with one attached hydrogen (secondary N) is 1. The van der Waals surface area contributed by atoms with E-state index in [1.807, 2.05) is 12.1 Å². The molecular formula is C30H35F3N6O2. The maximum absolute atomic E-state index is 13.6. The van der Waals surface area contributed by atoms with Gasteiger partial charge in [0, 0.05) is 18.0 Å². The summed E-state index contributed by atoms with van der Waals surface area (Å²) in [5.41, 5.74) is -0.0382. The van der Waals surface area contributed by atoms with Crippen LogP contribution < -0.4 is 4.90 Å². The fourth-order valence-corrected chi connectivity index (χ4v) is 6.44. The van der Waals surface area contributed by atoms with E-state index < -0.39 is 17.3 Å². The van der Waals surface area contributed by atoms with E-state index in [9.17, 15) is 18.3 Å². The minimum absolute atomic E-state index is 0.0489. The van der Waals surface area contributed by atoms with Gasteiger partial charge in [-0.25, -0.2) is 4.98 Å². The third-order valence-electron chi connectivity index (χ3n) is 8.74. The molecule has 1 unspecified atom stereocenters. The minimum Gasteiger partial charge on any atom is -0.385 e. The molecule has 1 saturated heterocycles. The summed E-state index contributed by atoms with van der Waals surface area (Å²) >= 11 is 0. The lowest BCUT2D eigenvalue weighted by atomic mass is 9.73. The zero-order valence-electron chi connectivity index (χ0n) is 23.2. The highest BCUT2D eigenvalue weighted by Gasteiger charge is 2.39. The lowest BCUT2D eigenvalue weighted by Crippen LogP contribution is -2.49. The highest BCUT2D eigenvalue weighted by molar-refractivity contribution is 5.83. The summed E-state index contributed by atoms with van der Waals surface area (Å²) in [6.07, 6.45) is 1.44. The van der Waals surface area contributed by atoms with E-state index in [2.05, 4.69) is 34.0 Å². The van der Waals surface area contributed by atoms with Crippen LogP contribution in [0.3, 0.4) is 0 Å². The Morgan fingerprint density at radius 3 is 2.66 bits per heavy atom. The molecule has 6 rings (SSSR count). The molecule has 3 aromatic heterocycles. The number of anilines is 1. The number of H-pyrrole nitrogens is 1. The molecule has 41 heavy (non-hydrogen) atoms. The van der Waals surface area contributed by atoms with Crippen molar-refractivity contribution in [2.24, 2.45) is 11.8 Å². The first kappa shape index (κ1) is 27.7.